The number of anilines is 1. The molecule has 2 amide bonds. The molecule has 0 spiro atoms. The molecular formula is C26H22Cl2F3N3O3. The minimum absolute atomic E-state index is 0.0919. The molecule has 0 bridgehead atoms. The summed E-state index contributed by atoms with van der Waals surface area (Å²) in [6.07, 6.45) is 0.618. The first kappa shape index (κ1) is 26.8. The monoisotopic (exact) mass is 551 g/mol. The van der Waals surface area contributed by atoms with Crippen molar-refractivity contribution in [3.63, 3.8) is 0 Å². The van der Waals surface area contributed by atoms with Crippen molar-refractivity contribution >= 4 is 40.7 Å². The van der Waals surface area contributed by atoms with E-state index in [9.17, 15) is 27.9 Å². The minimum Gasteiger partial charge on any atom is -0.394 e. The van der Waals surface area contributed by atoms with Gasteiger partial charge >= 0.3 is 0 Å². The minimum atomic E-state index is -1.35. The summed E-state index contributed by atoms with van der Waals surface area (Å²) in [7, 11) is 0. The van der Waals surface area contributed by atoms with Crippen LogP contribution in [0.4, 0.5) is 18.9 Å². The zero-order chi connectivity index (χ0) is 26.7. The van der Waals surface area contributed by atoms with Crippen molar-refractivity contribution in [1.82, 2.24) is 10.6 Å². The number of aliphatic hydroxyl groups excluding tert-OH is 1. The summed E-state index contributed by atoms with van der Waals surface area (Å²) >= 11 is 12.3. The van der Waals surface area contributed by atoms with Crippen molar-refractivity contribution in [1.29, 1.82) is 0 Å². The van der Waals surface area contributed by atoms with E-state index in [0.717, 1.165) is 23.4 Å². The van der Waals surface area contributed by atoms with Crippen LogP contribution in [-0.2, 0) is 11.2 Å². The summed E-state index contributed by atoms with van der Waals surface area (Å²) in [6.45, 7) is 0.375. The van der Waals surface area contributed by atoms with E-state index in [2.05, 4.69) is 10.6 Å². The number of nitrogens with one attached hydrogen (secondary N) is 2. The number of halogens is 5. The maximum absolute atomic E-state index is 13.7. The zero-order valence-corrected chi connectivity index (χ0v) is 20.8. The number of aliphatic hydroxyl groups is 1. The van der Waals surface area contributed by atoms with E-state index >= 15 is 0 Å². The van der Waals surface area contributed by atoms with Gasteiger partial charge in [-0.05, 0) is 60.5 Å². The van der Waals surface area contributed by atoms with Gasteiger partial charge in [0.25, 0.3) is 5.91 Å². The van der Waals surface area contributed by atoms with Gasteiger partial charge in [0.1, 0.15) is 11.9 Å². The number of hydrogen-bond donors (Lipinski definition) is 3. The average molecular weight is 552 g/mol. The lowest BCUT2D eigenvalue weighted by atomic mass is 10.0. The number of fused-ring (bicyclic) bond motifs is 1. The van der Waals surface area contributed by atoms with Crippen LogP contribution in [0.25, 0.3) is 0 Å². The number of benzene rings is 3. The molecule has 2 atom stereocenters. The Morgan fingerprint density at radius 2 is 1.76 bits per heavy atom. The van der Waals surface area contributed by atoms with E-state index in [-0.39, 0.29) is 28.5 Å². The molecule has 0 fully saturated rings. The Kier molecular flexibility index (Phi) is 8.26. The summed E-state index contributed by atoms with van der Waals surface area (Å²) in [5.41, 5.74) is 1.63. The second-order valence-electron chi connectivity index (χ2n) is 8.56. The first-order valence-corrected chi connectivity index (χ1v) is 12.1. The van der Waals surface area contributed by atoms with E-state index in [4.69, 9.17) is 23.2 Å². The molecule has 0 unspecified atom stereocenters. The fourth-order valence-electron chi connectivity index (χ4n) is 4.20. The molecule has 3 aromatic rings. The smallest absolute Gasteiger partial charge is 0.252 e. The molecule has 194 valence electrons. The Morgan fingerprint density at radius 1 is 0.973 bits per heavy atom. The molecule has 0 radical (unpaired) electrons. The Labute approximate surface area is 221 Å². The van der Waals surface area contributed by atoms with Crippen LogP contribution in [0.2, 0.25) is 10.0 Å². The fraction of sp³-hybridized carbons (Fsp3) is 0.231. The maximum Gasteiger partial charge on any atom is 0.252 e. The molecule has 3 aromatic carbocycles. The Bertz CT molecular complexity index is 1340. The van der Waals surface area contributed by atoms with Gasteiger partial charge in [0.2, 0.25) is 5.91 Å². The number of nitrogens with zero attached hydrogens (tertiary/aromatic N) is 1. The normalized spacial score (nSPS) is 14.2. The molecule has 3 N–H and O–H groups in total. The summed E-state index contributed by atoms with van der Waals surface area (Å²) in [5, 5.41) is 15.6. The van der Waals surface area contributed by atoms with Crippen LogP contribution in [0.1, 0.15) is 27.5 Å². The van der Waals surface area contributed by atoms with E-state index in [1.807, 2.05) is 4.90 Å². The van der Waals surface area contributed by atoms with Gasteiger partial charge in [-0.25, -0.2) is 13.2 Å². The second-order valence-corrected chi connectivity index (χ2v) is 9.40. The molecule has 11 heteroatoms. The highest BCUT2D eigenvalue weighted by Crippen LogP contribution is 2.29. The summed E-state index contributed by atoms with van der Waals surface area (Å²) in [4.78, 5) is 28.1. The van der Waals surface area contributed by atoms with Crippen molar-refractivity contribution in [3.05, 3.63) is 98.8 Å². The van der Waals surface area contributed by atoms with E-state index in [0.29, 0.717) is 24.1 Å². The molecule has 0 saturated carbocycles. The highest BCUT2D eigenvalue weighted by Gasteiger charge is 2.29. The molecular weight excluding hydrogens is 530 g/mol. The van der Waals surface area contributed by atoms with Crippen molar-refractivity contribution < 1.29 is 27.9 Å². The van der Waals surface area contributed by atoms with Gasteiger partial charge in [-0.15, -0.1) is 0 Å². The maximum atomic E-state index is 13.7. The quantitative estimate of drug-likeness (QED) is 0.387. The van der Waals surface area contributed by atoms with E-state index < -0.39 is 42.1 Å². The molecule has 0 aliphatic carbocycles. The summed E-state index contributed by atoms with van der Waals surface area (Å²) in [5.74, 6) is -4.22. The molecule has 4 rings (SSSR count). The van der Waals surface area contributed by atoms with Gasteiger partial charge in [-0.3, -0.25) is 9.59 Å². The average Bonchev–Trinajstić information content (AvgIpc) is 3.25. The third kappa shape index (κ3) is 6.18. The van der Waals surface area contributed by atoms with Gasteiger partial charge in [-0.1, -0.05) is 29.3 Å². The Balaban J connectivity index is 1.55. The van der Waals surface area contributed by atoms with Crippen LogP contribution in [0.5, 0.6) is 0 Å². The van der Waals surface area contributed by atoms with Crippen LogP contribution in [0.3, 0.4) is 0 Å². The standard InChI is InChI=1S/C26H22Cl2F3N3O3/c27-16-2-4-19(20(28)11-16)24(33-25(36)15-1-5-21(30)22(31)10-15)26(37)32-18(13-35)12-34-8-7-14-9-17(29)3-6-23(14)34/h1-6,9-11,18,24,35H,7-8,12-13H2,(H,32,37)(H,33,36)/t18-,24-/m0/s1. The van der Waals surface area contributed by atoms with E-state index in [1.165, 1.54) is 30.3 Å². The van der Waals surface area contributed by atoms with Crippen LogP contribution < -0.4 is 15.5 Å². The van der Waals surface area contributed by atoms with Crippen LogP contribution in [0, 0.1) is 17.5 Å². The van der Waals surface area contributed by atoms with Gasteiger partial charge < -0.3 is 20.6 Å². The number of hydrogen-bond acceptors (Lipinski definition) is 4. The van der Waals surface area contributed by atoms with Crippen molar-refractivity contribution in [2.75, 3.05) is 24.6 Å². The summed E-state index contributed by atoms with van der Waals surface area (Å²) < 4.78 is 40.6. The van der Waals surface area contributed by atoms with E-state index in [1.54, 1.807) is 6.07 Å². The third-order valence-electron chi connectivity index (χ3n) is 6.03. The lowest BCUT2D eigenvalue weighted by Crippen LogP contribution is -2.50. The van der Waals surface area contributed by atoms with Gasteiger partial charge in [0, 0.05) is 39.9 Å². The fourth-order valence-corrected chi connectivity index (χ4v) is 4.72. The Hall–Kier alpha value is -3.27. The van der Waals surface area contributed by atoms with Gasteiger partial charge in [0.05, 0.1) is 12.6 Å². The molecule has 1 aliphatic heterocycles. The second kappa shape index (κ2) is 11.4. The number of carbonyl (C=O) groups is 2. The van der Waals surface area contributed by atoms with Gasteiger partial charge in [0.15, 0.2) is 11.6 Å². The van der Waals surface area contributed by atoms with Crippen LogP contribution in [-0.4, -0.2) is 42.7 Å². The van der Waals surface area contributed by atoms with Crippen LogP contribution in [0.15, 0.2) is 54.6 Å². The SMILES string of the molecule is O=C(N[C@H](C(=O)N[C@H](CO)CN1CCc2cc(F)ccc21)c1ccc(Cl)cc1Cl)c1ccc(F)c(F)c1. The predicted molar refractivity (Wildman–Crippen MR) is 134 cm³/mol. The lowest BCUT2D eigenvalue weighted by Gasteiger charge is -2.28. The topological polar surface area (TPSA) is 81.7 Å². The predicted octanol–water partition coefficient (Wildman–Crippen LogP) is 4.42. The molecule has 0 aromatic heterocycles. The molecule has 37 heavy (non-hydrogen) atoms. The largest absolute Gasteiger partial charge is 0.394 e. The van der Waals surface area contributed by atoms with Gasteiger partial charge in [-0.2, -0.15) is 0 Å². The van der Waals surface area contributed by atoms with Crippen molar-refractivity contribution in [2.45, 2.75) is 18.5 Å². The highest BCUT2D eigenvalue weighted by molar-refractivity contribution is 6.35. The van der Waals surface area contributed by atoms with Crippen molar-refractivity contribution in [2.24, 2.45) is 0 Å². The third-order valence-corrected chi connectivity index (χ3v) is 6.60. The highest BCUT2D eigenvalue weighted by atomic mass is 35.5. The lowest BCUT2D eigenvalue weighted by molar-refractivity contribution is -0.124. The number of amides is 2. The zero-order valence-electron chi connectivity index (χ0n) is 19.3. The van der Waals surface area contributed by atoms with Crippen LogP contribution >= 0.6 is 23.2 Å². The number of carbonyl (C=O) groups excluding carboxylic acids is 2. The number of rotatable bonds is 8. The summed E-state index contributed by atoms with van der Waals surface area (Å²) in [6, 6.07) is 9.27. The molecule has 6 nitrogen and oxygen atoms in total. The molecule has 1 heterocycles. The molecule has 1 aliphatic rings. The first-order valence-electron chi connectivity index (χ1n) is 11.3. The molecule has 0 saturated heterocycles. The Morgan fingerprint density at radius 3 is 2.46 bits per heavy atom. The first-order chi connectivity index (χ1) is 17.7. The van der Waals surface area contributed by atoms with Crippen molar-refractivity contribution in [3.8, 4) is 0 Å².